The maximum Gasteiger partial charge on any atom is 0.227 e. The fraction of sp³-hybridized carbons (Fsp3) is 0.250. The van der Waals surface area contributed by atoms with E-state index >= 15 is 0 Å². The molecule has 0 bridgehead atoms. The van der Waals surface area contributed by atoms with Gasteiger partial charge in [0.15, 0.2) is 11.6 Å². The van der Waals surface area contributed by atoms with Gasteiger partial charge in [-0.1, -0.05) is 12.1 Å². The monoisotopic (exact) mass is 339 g/mol. The Morgan fingerprint density at radius 2 is 1.72 bits per heavy atom. The first-order valence-electron chi connectivity index (χ1n) is 8.27. The fourth-order valence-electron chi connectivity index (χ4n) is 2.99. The molecular formula is C20H18FNO3. The molecule has 1 aliphatic rings. The van der Waals surface area contributed by atoms with Crippen molar-refractivity contribution in [2.45, 2.75) is 25.7 Å². The second kappa shape index (κ2) is 7.38. The molecule has 0 aromatic heterocycles. The lowest BCUT2D eigenvalue weighted by atomic mass is 9.99. The molecule has 1 aliphatic heterocycles. The van der Waals surface area contributed by atoms with Crippen molar-refractivity contribution in [3.8, 4) is 0 Å². The second-order valence-corrected chi connectivity index (χ2v) is 6.02. The minimum atomic E-state index is -0.384. The number of para-hydroxylation sites is 1. The molecule has 0 atom stereocenters. The summed E-state index contributed by atoms with van der Waals surface area (Å²) in [5, 5.41) is 0. The van der Waals surface area contributed by atoms with Crippen LogP contribution in [0.5, 0.6) is 0 Å². The smallest absolute Gasteiger partial charge is 0.227 e. The Morgan fingerprint density at radius 3 is 2.48 bits per heavy atom. The van der Waals surface area contributed by atoms with Crippen molar-refractivity contribution in [3.63, 3.8) is 0 Å². The van der Waals surface area contributed by atoms with Crippen LogP contribution in [-0.4, -0.2) is 24.0 Å². The molecule has 4 nitrogen and oxygen atoms in total. The van der Waals surface area contributed by atoms with Gasteiger partial charge in [0.1, 0.15) is 5.82 Å². The molecular weight excluding hydrogens is 321 g/mol. The lowest BCUT2D eigenvalue weighted by molar-refractivity contribution is -0.118. The molecule has 1 amide bonds. The van der Waals surface area contributed by atoms with Gasteiger partial charge >= 0.3 is 0 Å². The highest BCUT2D eigenvalue weighted by Gasteiger charge is 2.26. The van der Waals surface area contributed by atoms with Crippen LogP contribution in [0.15, 0.2) is 48.5 Å². The molecule has 0 saturated heterocycles. The van der Waals surface area contributed by atoms with E-state index in [0.717, 1.165) is 0 Å². The molecule has 2 aromatic carbocycles. The Balaban J connectivity index is 1.58. The number of ketones is 2. The zero-order valence-corrected chi connectivity index (χ0v) is 13.7. The lowest BCUT2D eigenvalue weighted by Gasteiger charge is -2.28. The molecule has 0 N–H and O–H groups in total. The topological polar surface area (TPSA) is 54.5 Å². The van der Waals surface area contributed by atoms with Crippen molar-refractivity contribution >= 4 is 23.2 Å². The Hall–Kier alpha value is -2.82. The van der Waals surface area contributed by atoms with Crippen LogP contribution in [0.2, 0.25) is 0 Å². The lowest BCUT2D eigenvalue weighted by Crippen LogP contribution is -2.37. The van der Waals surface area contributed by atoms with Crippen LogP contribution < -0.4 is 4.90 Å². The number of hydrogen-bond acceptors (Lipinski definition) is 3. The van der Waals surface area contributed by atoms with E-state index in [1.165, 1.54) is 24.3 Å². The van der Waals surface area contributed by atoms with E-state index < -0.39 is 0 Å². The standard InChI is InChI=1S/C20H18FNO3/c21-15-10-8-14(9-11-15)18(23)6-3-7-20(25)22-13-12-19(24)16-4-1-2-5-17(16)22/h1-2,4-5,8-11H,3,6-7,12-13H2. The van der Waals surface area contributed by atoms with E-state index in [-0.39, 0.29) is 36.1 Å². The first-order chi connectivity index (χ1) is 12.1. The number of anilines is 1. The molecule has 25 heavy (non-hydrogen) atoms. The Morgan fingerprint density at radius 1 is 1.00 bits per heavy atom. The van der Waals surface area contributed by atoms with Crippen LogP contribution in [-0.2, 0) is 4.79 Å². The van der Waals surface area contributed by atoms with Crippen LogP contribution in [0.25, 0.3) is 0 Å². The molecule has 1 heterocycles. The minimum absolute atomic E-state index is 0.0473. The Bertz CT molecular complexity index is 814. The van der Waals surface area contributed by atoms with Crippen LogP contribution in [0.1, 0.15) is 46.4 Å². The quantitative estimate of drug-likeness (QED) is 0.779. The Kier molecular flexibility index (Phi) is 5.03. The van der Waals surface area contributed by atoms with Crippen LogP contribution in [0.3, 0.4) is 0 Å². The summed E-state index contributed by atoms with van der Waals surface area (Å²) in [6.45, 7) is 0.376. The van der Waals surface area contributed by atoms with Gasteiger partial charge in [0.25, 0.3) is 0 Å². The Labute approximate surface area is 145 Å². The van der Waals surface area contributed by atoms with E-state index in [9.17, 15) is 18.8 Å². The highest BCUT2D eigenvalue weighted by molar-refractivity contribution is 6.08. The number of carbonyl (C=O) groups excluding carboxylic acids is 3. The third kappa shape index (κ3) is 3.82. The zero-order chi connectivity index (χ0) is 17.8. The van der Waals surface area contributed by atoms with Crippen molar-refractivity contribution in [2.75, 3.05) is 11.4 Å². The first kappa shape index (κ1) is 17.0. The number of halogens is 1. The first-order valence-corrected chi connectivity index (χ1v) is 8.27. The number of rotatable bonds is 5. The molecule has 5 heteroatoms. The number of amides is 1. The van der Waals surface area contributed by atoms with Gasteiger partial charge in [0.2, 0.25) is 5.91 Å². The van der Waals surface area contributed by atoms with Gasteiger partial charge in [-0.3, -0.25) is 14.4 Å². The summed E-state index contributed by atoms with van der Waals surface area (Å²) < 4.78 is 12.9. The normalized spacial score (nSPS) is 13.5. The predicted octanol–water partition coefficient (Wildman–Crippen LogP) is 3.80. The molecule has 128 valence electrons. The maximum absolute atomic E-state index is 12.9. The highest BCUT2D eigenvalue weighted by Crippen LogP contribution is 2.27. The molecule has 0 spiro atoms. The van der Waals surface area contributed by atoms with Crippen LogP contribution in [0.4, 0.5) is 10.1 Å². The third-order valence-electron chi connectivity index (χ3n) is 4.32. The van der Waals surface area contributed by atoms with Crippen molar-refractivity contribution < 1.29 is 18.8 Å². The van der Waals surface area contributed by atoms with Gasteiger partial charge < -0.3 is 4.90 Å². The summed E-state index contributed by atoms with van der Waals surface area (Å²) in [7, 11) is 0. The summed E-state index contributed by atoms with van der Waals surface area (Å²) in [6.07, 6.45) is 1.19. The number of benzene rings is 2. The van der Waals surface area contributed by atoms with Gasteiger partial charge in [-0.05, 0) is 42.8 Å². The van der Waals surface area contributed by atoms with E-state index in [2.05, 4.69) is 0 Å². The summed E-state index contributed by atoms with van der Waals surface area (Å²) in [5.41, 5.74) is 1.67. The average molecular weight is 339 g/mol. The van der Waals surface area contributed by atoms with Gasteiger partial charge in [-0.25, -0.2) is 4.39 Å². The van der Waals surface area contributed by atoms with E-state index in [1.54, 1.807) is 29.2 Å². The average Bonchev–Trinajstić information content (AvgIpc) is 2.62. The van der Waals surface area contributed by atoms with Gasteiger partial charge in [-0.15, -0.1) is 0 Å². The fourth-order valence-corrected chi connectivity index (χ4v) is 2.99. The molecule has 0 unspecified atom stereocenters. The minimum Gasteiger partial charge on any atom is -0.311 e. The molecule has 0 fully saturated rings. The number of nitrogens with zero attached hydrogens (tertiary/aromatic N) is 1. The van der Waals surface area contributed by atoms with Crippen molar-refractivity contribution in [1.29, 1.82) is 0 Å². The summed E-state index contributed by atoms with van der Waals surface area (Å²) in [6, 6.07) is 12.5. The summed E-state index contributed by atoms with van der Waals surface area (Å²) in [4.78, 5) is 38.1. The van der Waals surface area contributed by atoms with Gasteiger partial charge in [0.05, 0.1) is 5.69 Å². The van der Waals surface area contributed by atoms with Crippen molar-refractivity contribution in [2.24, 2.45) is 0 Å². The molecule has 3 rings (SSSR count). The molecule has 2 aromatic rings. The van der Waals surface area contributed by atoms with E-state index in [4.69, 9.17) is 0 Å². The number of hydrogen-bond donors (Lipinski definition) is 0. The van der Waals surface area contributed by atoms with Gasteiger partial charge in [-0.2, -0.15) is 0 Å². The molecule has 0 aliphatic carbocycles. The van der Waals surface area contributed by atoms with Crippen LogP contribution in [0, 0.1) is 5.82 Å². The zero-order valence-electron chi connectivity index (χ0n) is 13.7. The highest BCUT2D eigenvalue weighted by atomic mass is 19.1. The van der Waals surface area contributed by atoms with Crippen LogP contribution >= 0.6 is 0 Å². The van der Waals surface area contributed by atoms with Crippen molar-refractivity contribution in [1.82, 2.24) is 0 Å². The molecule has 0 saturated carbocycles. The maximum atomic E-state index is 12.9. The van der Waals surface area contributed by atoms with E-state index in [0.29, 0.717) is 36.2 Å². The summed E-state index contributed by atoms with van der Waals surface area (Å²) >= 11 is 0. The second-order valence-electron chi connectivity index (χ2n) is 6.02. The number of fused-ring (bicyclic) bond motifs is 1. The van der Waals surface area contributed by atoms with E-state index in [1.807, 2.05) is 0 Å². The largest absolute Gasteiger partial charge is 0.311 e. The predicted molar refractivity (Wildman–Crippen MR) is 92.3 cm³/mol. The molecule has 0 radical (unpaired) electrons. The third-order valence-corrected chi connectivity index (χ3v) is 4.32. The SMILES string of the molecule is O=C(CCCC(=O)N1CCC(=O)c2ccccc21)c1ccc(F)cc1. The number of Topliss-reactive ketones (excluding diaryl/α,β-unsaturated/α-hetero) is 2. The van der Waals surface area contributed by atoms with Crippen molar-refractivity contribution in [3.05, 3.63) is 65.5 Å². The number of carbonyl (C=O) groups is 3. The van der Waals surface area contributed by atoms with Gasteiger partial charge in [0, 0.05) is 36.9 Å². The summed E-state index contributed by atoms with van der Waals surface area (Å²) in [5.74, 6) is -0.537.